The number of fused-ring (bicyclic) bond motifs is 4. The number of carbonyl (C=O) groups excluding carboxylic acids is 2. The number of hydrogen-bond donors (Lipinski definition) is 2. The molecule has 0 spiro atoms. The SMILES string of the molecule is C[C@]12CC[C@@H]3C(=C1C=CC2OC(=O)CO)CCC1CC(OC(=O)CO)C=C[C@@]13C. The van der Waals surface area contributed by atoms with Crippen LogP contribution in [0.3, 0.4) is 0 Å². The number of aliphatic hydroxyl groups is 2. The Bertz CT molecular complexity index is 795. The van der Waals surface area contributed by atoms with Crippen LogP contribution in [0.5, 0.6) is 0 Å². The summed E-state index contributed by atoms with van der Waals surface area (Å²) in [6.45, 7) is 3.29. The zero-order valence-electron chi connectivity index (χ0n) is 17.1. The maximum atomic E-state index is 11.7. The normalized spacial score (nSPS) is 40.1. The van der Waals surface area contributed by atoms with Crippen LogP contribution in [0.2, 0.25) is 0 Å². The zero-order chi connectivity index (χ0) is 20.8. The van der Waals surface area contributed by atoms with Crippen molar-refractivity contribution in [3.63, 3.8) is 0 Å². The molecule has 158 valence electrons. The van der Waals surface area contributed by atoms with E-state index in [1.807, 2.05) is 12.2 Å². The molecule has 0 heterocycles. The van der Waals surface area contributed by atoms with E-state index in [1.165, 1.54) is 11.1 Å². The van der Waals surface area contributed by atoms with E-state index in [2.05, 4.69) is 26.0 Å². The molecule has 6 heteroatoms. The van der Waals surface area contributed by atoms with Crippen LogP contribution in [-0.2, 0) is 19.1 Å². The van der Waals surface area contributed by atoms with Crippen molar-refractivity contribution in [1.29, 1.82) is 0 Å². The first-order chi connectivity index (χ1) is 13.8. The Kier molecular flexibility index (Phi) is 5.20. The van der Waals surface area contributed by atoms with Gasteiger partial charge >= 0.3 is 11.9 Å². The Labute approximate surface area is 171 Å². The first kappa shape index (κ1) is 20.4. The second-order valence-corrected chi connectivity index (χ2v) is 9.26. The molecular weight excluding hydrogens is 372 g/mol. The molecule has 6 nitrogen and oxygen atoms in total. The van der Waals surface area contributed by atoms with Crippen LogP contribution in [0.15, 0.2) is 35.5 Å². The number of hydrogen-bond acceptors (Lipinski definition) is 6. The summed E-state index contributed by atoms with van der Waals surface area (Å²) in [7, 11) is 0. The van der Waals surface area contributed by atoms with Crippen molar-refractivity contribution in [1.82, 2.24) is 0 Å². The summed E-state index contributed by atoms with van der Waals surface area (Å²) in [5.41, 5.74) is 2.55. The van der Waals surface area contributed by atoms with Gasteiger partial charge in [-0.05, 0) is 67.1 Å². The quantitative estimate of drug-likeness (QED) is 0.554. The molecule has 29 heavy (non-hydrogen) atoms. The van der Waals surface area contributed by atoms with Crippen LogP contribution in [0.25, 0.3) is 0 Å². The predicted molar refractivity (Wildman–Crippen MR) is 106 cm³/mol. The molecule has 0 radical (unpaired) electrons. The highest BCUT2D eigenvalue weighted by atomic mass is 16.6. The Balaban J connectivity index is 1.60. The van der Waals surface area contributed by atoms with Gasteiger partial charge in [-0.2, -0.15) is 0 Å². The van der Waals surface area contributed by atoms with Gasteiger partial charge < -0.3 is 19.7 Å². The Morgan fingerprint density at radius 2 is 1.83 bits per heavy atom. The molecule has 6 atom stereocenters. The minimum absolute atomic E-state index is 0.0116. The van der Waals surface area contributed by atoms with E-state index in [9.17, 15) is 9.59 Å². The summed E-state index contributed by atoms with van der Waals surface area (Å²) in [5.74, 6) is -0.304. The highest BCUT2D eigenvalue weighted by Crippen LogP contribution is 2.61. The lowest BCUT2D eigenvalue weighted by molar-refractivity contribution is -0.154. The number of carbonyl (C=O) groups is 2. The van der Waals surface area contributed by atoms with Crippen molar-refractivity contribution in [2.24, 2.45) is 22.7 Å². The molecule has 0 aliphatic heterocycles. The second-order valence-electron chi connectivity index (χ2n) is 9.26. The largest absolute Gasteiger partial charge is 0.456 e. The van der Waals surface area contributed by atoms with Crippen molar-refractivity contribution < 1.29 is 29.3 Å². The van der Waals surface area contributed by atoms with Gasteiger partial charge in [-0.1, -0.05) is 31.6 Å². The first-order valence-corrected chi connectivity index (χ1v) is 10.5. The molecule has 1 fully saturated rings. The monoisotopic (exact) mass is 402 g/mol. The van der Waals surface area contributed by atoms with Gasteiger partial charge in [-0.15, -0.1) is 0 Å². The Morgan fingerprint density at radius 3 is 2.55 bits per heavy atom. The summed E-state index contributed by atoms with van der Waals surface area (Å²) >= 11 is 0. The zero-order valence-corrected chi connectivity index (χ0v) is 17.1. The van der Waals surface area contributed by atoms with E-state index in [0.29, 0.717) is 11.8 Å². The lowest BCUT2D eigenvalue weighted by atomic mass is 9.51. The molecule has 3 unspecified atom stereocenters. The Hall–Kier alpha value is -1.92. The van der Waals surface area contributed by atoms with E-state index >= 15 is 0 Å². The van der Waals surface area contributed by atoms with Crippen molar-refractivity contribution >= 4 is 11.9 Å². The maximum Gasteiger partial charge on any atom is 0.332 e. The lowest BCUT2D eigenvalue weighted by Gasteiger charge is -2.54. The number of aliphatic hydroxyl groups excluding tert-OH is 2. The molecule has 0 aromatic rings. The molecular formula is C23H30O6. The second kappa shape index (κ2) is 7.40. The number of rotatable bonds is 4. The van der Waals surface area contributed by atoms with Gasteiger partial charge in [0.15, 0.2) is 0 Å². The molecule has 0 saturated heterocycles. The Morgan fingerprint density at radius 1 is 1.10 bits per heavy atom. The van der Waals surface area contributed by atoms with Gasteiger partial charge in [0.1, 0.15) is 25.4 Å². The standard InChI is InChI=1S/C23H30O6/c1-22-9-7-15(28-20(26)12-24)11-14(22)3-4-16-17-5-6-19(29-21(27)13-25)23(17,2)10-8-18(16)22/h5-7,9,14-15,18-19,24-25H,3-4,8,10-13H2,1-2H3/t14?,15?,18-,19?,22+,23+/m1/s1. The van der Waals surface area contributed by atoms with Crippen molar-refractivity contribution in [2.45, 2.75) is 58.2 Å². The van der Waals surface area contributed by atoms with E-state index in [-0.39, 0.29) is 23.0 Å². The average molecular weight is 402 g/mol. The molecule has 4 aliphatic rings. The van der Waals surface area contributed by atoms with Crippen LogP contribution in [0.1, 0.15) is 46.0 Å². The van der Waals surface area contributed by atoms with Crippen LogP contribution < -0.4 is 0 Å². The summed E-state index contributed by atoms with van der Waals surface area (Å²) in [4.78, 5) is 23.1. The summed E-state index contributed by atoms with van der Waals surface area (Å²) in [5, 5.41) is 18.0. The third kappa shape index (κ3) is 3.26. The third-order valence-corrected chi connectivity index (χ3v) is 7.78. The summed E-state index contributed by atoms with van der Waals surface area (Å²) in [6, 6.07) is 0. The van der Waals surface area contributed by atoms with Gasteiger partial charge in [0.05, 0.1) is 0 Å². The lowest BCUT2D eigenvalue weighted by Crippen LogP contribution is -2.47. The third-order valence-electron chi connectivity index (χ3n) is 7.78. The molecule has 0 amide bonds. The fourth-order valence-electron chi connectivity index (χ4n) is 6.16. The number of ether oxygens (including phenoxy) is 2. The molecule has 1 saturated carbocycles. The predicted octanol–water partition coefficient (Wildman–Crippen LogP) is 2.45. The van der Waals surface area contributed by atoms with Crippen LogP contribution in [0, 0.1) is 22.7 Å². The summed E-state index contributed by atoms with van der Waals surface area (Å²) in [6.07, 6.45) is 12.5. The van der Waals surface area contributed by atoms with Crippen molar-refractivity contribution in [2.75, 3.05) is 13.2 Å². The highest BCUT2D eigenvalue weighted by molar-refractivity contribution is 5.71. The van der Waals surface area contributed by atoms with Gasteiger partial charge in [-0.25, -0.2) is 9.59 Å². The van der Waals surface area contributed by atoms with E-state index in [4.69, 9.17) is 19.7 Å². The van der Waals surface area contributed by atoms with Gasteiger partial charge in [0.25, 0.3) is 0 Å². The molecule has 0 bridgehead atoms. The molecule has 2 N–H and O–H groups in total. The molecule has 4 aliphatic carbocycles. The van der Waals surface area contributed by atoms with Crippen molar-refractivity contribution in [3.8, 4) is 0 Å². The van der Waals surface area contributed by atoms with E-state index in [0.717, 1.165) is 32.1 Å². The highest BCUT2D eigenvalue weighted by Gasteiger charge is 2.54. The fraction of sp³-hybridized carbons (Fsp3) is 0.652. The first-order valence-electron chi connectivity index (χ1n) is 10.5. The average Bonchev–Trinajstić information content (AvgIpc) is 3.04. The van der Waals surface area contributed by atoms with Crippen LogP contribution in [0.4, 0.5) is 0 Å². The van der Waals surface area contributed by atoms with Gasteiger partial charge in [-0.3, -0.25) is 0 Å². The topological polar surface area (TPSA) is 93.1 Å². The maximum absolute atomic E-state index is 11.7. The molecule has 4 rings (SSSR count). The van der Waals surface area contributed by atoms with Gasteiger partial charge in [0.2, 0.25) is 0 Å². The minimum atomic E-state index is -0.596. The fourth-order valence-corrected chi connectivity index (χ4v) is 6.16. The van der Waals surface area contributed by atoms with E-state index < -0.39 is 25.2 Å². The number of esters is 2. The molecule has 0 aromatic heterocycles. The van der Waals surface area contributed by atoms with Crippen LogP contribution in [-0.4, -0.2) is 47.6 Å². The minimum Gasteiger partial charge on any atom is -0.456 e. The molecule has 0 aromatic carbocycles. The van der Waals surface area contributed by atoms with Gasteiger partial charge in [0, 0.05) is 5.41 Å². The summed E-state index contributed by atoms with van der Waals surface area (Å²) < 4.78 is 10.9. The van der Waals surface area contributed by atoms with E-state index in [1.54, 1.807) is 0 Å². The van der Waals surface area contributed by atoms with Crippen molar-refractivity contribution in [3.05, 3.63) is 35.5 Å². The van der Waals surface area contributed by atoms with Crippen LogP contribution >= 0.6 is 0 Å². The smallest absolute Gasteiger partial charge is 0.332 e. The number of allylic oxidation sites excluding steroid dienone is 3.